The van der Waals surface area contributed by atoms with Crippen LogP contribution in [-0.2, 0) is 19.7 Å². The number of anilines is 1. The lowest BCUT2D eigenvalue weighted by Crippen LogP contribution is -2.10. The average molecular weight is 513 g/mol. The normalized spacial score (nSPS) is 10.9. The molecule has 3 aromatic rings. The van der Waals surface area contributed by atoms with Gasteiger partial charge in [0.2, 0.25) is 5.95 Å². The summed E-state index contributed by atoms with van der Waals surface area (Å²) in [5.41, 5.74) is 1.24. The number of nitrogens with one attached hydrogen (secondary N) is 1. The van der Waals surface area contributed by atoms with Gasteiger partial charge in [0.15, 0.2) is 11.5 Å². The van der Waals surface area contributed by atoms with Crippen molar-refractivity contribution >= 4 is 33.5 Å². The summed E-state index contributed by atoms with van der Waals surface area (Å²) in [6, 6.07) is 8.33. The number of benzene rings is 2. The van der Waals surface area contributed by atoms with Gasteiger partial charge in [0.25, 0.3) is 0 Å². The summed E-state index contributed by atoms with van der Waals surface area (Å²) < 4.78 is 28.2. The molecule has 1 aromatic heterocycles. The van der Waals surface area contributed by atoms with Crippen LogP contribution in [0.4, 0.5) is 10.3 Å². The second kappa shape index (κ2) is 11.3. The number of halogens is 3. The molecule has 31 heavy (non-hydrogen) atoms. The lowest BCUT2D eigenvalue weighted by atomic mass is 10.2. The minimum Gasteiger partial charge on any atom is -0.490 e. The van der Waals surface area contributed by atoms with Crippen LogP contribution in [0, 0.1) is 5.82 Å². The second-order valence-corrected chi connectivity index (χ2v) is 8.02. The van der Waals surface area contributed by atoms with Crippen molar-refractivity contribution in [2.45, 2.75) is 46.4 Å². The highest BCUT2D eigenvalue weighted by Crippen LogP contribution is 2.38. The summed E-state index contributed by atoms with van der Waals surface area (Å²) in [5, 5.41) is 15.4. The Morgan fingerprint density at radius 1 is 1.23 bits per heavy atom. The Balaban J connectivity index is 1.75. The third kappa shape index (κ3) is 6.07. The van der Waals surface area contributed by atoms with Crippen molar-refractivity contribution in [3.63, 3.8) is 0 Å². The Morgan fingerprint density at radius 2 is 2.06 bits per heavy atom. The number of hydrogen-bond acceptors (Lipinski definition) is 6. The quantitative estimate of drug-likeness (QED) is 0.359. The van der Waals surface area contributed by atoms with E-state index in [0.717, 1.165) is 24.9 Å². The summed E-state index contributed by atoms with van der Waals surface area (Å²) in [6.07, 6.45) is 2.06. The van der Waals surface area contributed by atoms with E-state index in [4.69, 9.17) is 21.1 Å². The summed E-state index contributed by atoms with van der Waals surface area (Å²) in [7, 11) is 0. The van der Waals surface area contributed by atoms with Crippen LogP contribution in [0.5, 0.6) is 11.5 Å². The van der Waals surface area contributed by atoms with Gasteiger partial charge < -0.3 is 14.8 Å². The lowest BCUT2D eigenvalue weighted by Gasteiger charge is -2.16. The Morgan fingerprint density at radius 3 is 2.81 bits per heavy atom. The van der Waals surface area contributed by atoms with E-state index in [1.54, 1.807) is 16.8 Å². The van der Waals surface area contributed by atoms with E-state index < -0.39 is 5.82 Å². The molecule has 0 radical (unpaired) electrons. The zero-order chi connectivity index (χ0) is 22.2. The molecule has 1 heterocycles. The highest BCUT2D eigenvalue weighted by Gasteiger charge is 2.15. The minimum absolute atomic E-state index is 0.0199. The number of rotatable bonds is 11. The molecule has 0 fully saturated rings. The average Bonchev–Trinajstić information content (AvgIpc) is 3.19. The van der Waals surface area contributed by atoms with Gasteiger partial charge in [-0.05, 0) is 69.5 Å². The first-order valence-electron chi connectivity index (χ1n) is 10.0. The van der Waals surface area contributed by atoms with Gasteiger partial charge >= 0.3 is 0 Å². The molecule has 7 nitrogen and oxygen atoms in total. The molecule has 0 bridgehead atoms. The van der Waals surface area contributed by atoms with E-state index in [2.05, 4.69) is 43.7 Å². The fourth-order valence-corrected chi connectivity index (χ4v) is 3.73. The minimum atomic E-state index is -0.414. The molecular formula is C21H24BrClFN5O2. The predicted octanol–water partition coefficient (Wildman–Crippen LogP) is 5.62. The molecule has 0 aliphatic rings. The van der Waals surface area contributed by atoms with Crippen LogP contribution in [0.2, 0.25) is 5.02 Å². The van der Waals surface area contributed by atoms with Crippen molar-refractivity contribution in [3.8, 4) is 11.5 Å². The van der Waals surface area contributed by atoms with E-state index in [-0.39, 0.29) is 6.61 Å². The van der Waals surface area contributed by atoms with E-state index in [9.17, 15) is 4.39 Å². The van der Waals surface area contributed by atoms with Crippen molar-refractivity contribution in [1.82, 2.24) is 20.2 Å². The molecule has 1 N–H and O–H groups in total. The maximum Gasteiger partial charge on any atom is 0.243 e. The molecule has 0 aliphatic heterocycles. The molecule has 0 spiro atoms. The first kappa shape index (κ1) is 23.3. The first-order valence-corrected chi connectivity index (χ1v) is 11.2. The number of aryl methyl sites for hydroxylation is 1. The summed E-state index contributed by atoms with van der Waals surface area (Å²) in [5.74, 6) is 1.23. The van der Waals surface area contributed by atoms with Crippen molar-refractivity contribution in [1.29, 1.82) is 0 Å². The van der Waals surface area contributed by atoms with Crippen LogP contribution in [0.3, 0.4) is 0 Å². The van der Waals surface area contributed by atoms with Crippen LogP contribution in [0.15, 0.2) is 34.8 Å². The molecule has 0 saturated heterocycles. The van der Waals surface area contributed by atoms with E-state index in [1.165, 1.54) is 6.07 Å². The maximum atomic E-state index is 14.1. The zero-order valence-corrected chi connectivity index (χ0v) is 19.7. The summed E-state index contributed by atoms with van der Waals surface area (Å²) >= 11 is 9.65. The van der Waals surface area contributed by atoms with Crippen LogP contribution < -0.4 is 14.8 Å². The second-order valence-electron chi connectivity index (χ2n) is 6.76. The highest BCUT2D eigenvalue weighted by atomic mass is 79.9. The zero-order valence-electron chi connectivity index (χ0n) is 17.4. The van der Waals surface area contributed by atoms with E-state index in [1.807, 2.05) is 19.1 Å². The van der Waals surface area contributed by atoms with Gasteiger partial charge in [-0.3, -0.25) is 0 Å². The Labute approximate surface area is 194 Å². The molecule has 0 amide bonds. The van der Waals surface area contributed by atoms with Crippen molar-refractivity contribution in [2.75, 3.05) is 11.9 Å². The fourth-order valence-electron chi connectivity index (χ4n) is 2.91. The Bertz CT molecular complexity index is 997. The SMILES string of the molecule is CCCCn1nnnc1NCc1cc(Br)c(OCc2c(F)cccc2Cl)c(OCC)c1. The fraction of sp³-hybridized carbons (Fsp3) is 0.381. The van der Waals surface area contributed by atoms with Crippen LogP contribution >= 0.6 is 27.5 Å². The largest absolute Gasteiger partial charge is 0.490 e. The van der Waals surface area contributed by atoms with Gasteiger partial charge in [-0.2, -0.15) is 0 Å². The topological polar surface area (TPSA) is 74.1 Å². The smallest absolute Gasteiger partial charge is 0.243 e. The van der Waals surface area contributed by atoms with Gasteiger partial charge in [0, 0.05) is 18.7 Å². The highest BCUT2D eigenvalue weighted by molar-refractivity contribution is 9.10. The van der Waals surface area contributed by atoms with Gasteiger partial charge in [-0.1, -0.05) is 36.1 Å². The Kier molecular flexibility index (Phi) is 8.48. The number of tetrazole rings is 1. The number of hydrogen-bond donors (Lipinski definition) is 1. The molecule has 2 aromatic carbocycles. The molecule has 0 saturated carbocycles. The summed E-state index contributed by atoms with van der Waals surface area (Å²) in [4.78, 5) is 0. The van der Waals surface area contributed by atoms with Crippen LogP contribution in [0.1, 0.15) is 37.8 Å². The third-order valence-electron chi connectivity index (χ3n) is 4.50. The molecule has 10 heteroatoms. The molecular weight excluding hydrogens is 489 g/mol. The lowest BCUT2D eigenvalue weighted by molar-refractivity contribution is 0.264. The van der Waals surface area contributed by atoms with E-state index in [0.29, 0.717) is 45.7 Å². The first-order chi connectivity index (χ1) is 15.0. The van der Waals surface area contributed by atoms with E-state index >= 15 is 0 Å². The molecule has 0 unspecified atom stereocenters. The number of ether oxygens (including phenoxy) is 2. The van der Waals surface area contributed by atoms with Crippen LogP contribution in [-0.4, -0.2) is 26.8 Å². The standard InChI is InChI=1S/C21H24BrClFN5O2/c1-3-5-9-29-21(26-27-28-29)25-12-14-10-16(22)20(19(11-14)30-4-2)31-13-15-17(23)7-6-8-18(15)24/h6-8,10-11H,3-5,9,12-13H2,1-2H3,(H,25,26,28). The van der Waals surface area contributed by atoms with Crippen molar-refractivity contribution in [2.24, 2.45) is 0 Å². The van der Waals surface area contributed by atoms with Gasteiger partial charge in [-0.15, -0.1) is 0 Å². The third-order valence-corrected chi connectivity index (χ3v) is 5.44. The van der Waals surface area contributed by atoms with Gasteiger partial charge in [0.1, 0.15) is 12.4 Å². The number of nitrogens with zero attached hydrogens (tertiary/aromatic N) is 4. The van der Waals surface area contributed by atoms with Gasteiger partial charge in [0.05, 0.1) is 16.1 Å². The molecule has 166 valence electrons. The monoisotopic (exact) mass is 511 g/mol. The molecule has 0 aliphatic carbocycles. The number of aromatic nitrogens is 4. The summed E-state index contributed by atoms with van der Waals surface area (Å²) in [6.45, 7) is 5.69. The Hall–Kier alpha value is -2.39. The van der Waals surface area contributed by atoms with Crippen molar-refractivity contribution in [3.05, 3.63) is 56.8 Å². The molecule has 0 atom stereocenters. The molecule has 3 rings (SSSR count). The van der Waals surface area contributed by atoms with Crippen LogP contribution in [0.25, 0.3) is 0 Å². The number of unbranched alkanes of at least 4 members (excludes halogenated alkanes) is 1. The maximum absolute atomic E-state index is 14.1. The predicted molar refractivity (Wildman–Crippen MR) is 121 cm³/mol. The van der Waals surface area contributed by atoms with Gasteiger partial charge in [-0.25, -0.2) is 9.07 Å². The van der Waals surface area contributed by atoms with Crippen molar-refractivity contribution < 1.29 is 13.9 Å².